The summed E-state index contributed by atoms with van der Waals surface area (Å²) in [5.74, 6) is 3.01. The van der Waals surface area contributed by atoms with Crippen LogP contribution in [-0.2, 0) is 0 Å². The third-order valence-corrected chi connectivity index (χ3v) is 5.24. The number of hydrogen-bond acceptors (Lipinski definition) is 4. The van der Waals surface area contributed by atoms with Gasteiger partial charge in [-0.25, -0.2) is 4.99 Å². The topological polar surface area (TPSA) is 49.2 Å². The van der Waals surface area contributed by atoms with Crippen LogP contribution in [0.15, 0.2) is 57.7 Å². The SMILES string of the molecule is COc1ccc(N=C2[C@H](C3CCCC3)NN=C3C(Cl)=CC=CN32)cc1. The highest BCUT2D eigenvalue weighted by Crippen LogP contribution is 2.32. The minimum Gasteiger partial charge on any atom is -0.497 e. The van der Waals surface area contributed by atoms with Crippen molar-refractivity contribution >= 4 is 29.0 Å². The molecule has 1 atom stereocenters. The van der Waals surface area contributed by atoms with Crippen LogP contribution in [0, 0.1) is 5.92 Å². The van der Waals surface area contributed by atoms with Crippen LogP contribution in [0.25, 0.3) is 0 Å². The second-order valence-corrected chi connectivity index (χ2v) is 6.89. The summed E-state index contributed by atoms with van der Waals surface area (Å²) >= 11 is 6.33. The van der Waals surface area contributed by atoms with Crippen LogP contribution in [-0.4, -0.2) is 29.7 Å². The van der Waals surface area contributed by atoms with E-state index in [2.05, 4.69) is 10.5 Å². The van der Waals surface area contributed by atoms with Crippen LogP contribution >= 0.6 is 11.6 Å². The summed E-state index contributed by atoms with van der Waals surface area (Å²) in [6, 6.07) is 7.88. The molecule has 130 valence electrons. The van der Waals surface area contributed by atoms with Crippen LogP contribution in [0.4, 0.5) is 5.69 Å². The number of rotatable bonds is 3. The van der Waals surface area contributed by atoms with E-state index in [9.17, 15) is 0 Å². The number of aliphatic imine (C=N–C) groups is 1. The first-order valence-electron chi connectivity index (χ1n) is 8.66. The fraction of sp³-hybridized carbons (Fsp3) is 0.368. The van der Waals surface area contributed by atoms with Crippen molar-refractivity contribution in [2.24, 2.45) is 16.0 Å². The minimum atomic E-state index is 0.0977. The van der Waals surface area contributed by atoms with E-state index in [-0.39, 0.29) is 6.04 Å². The summed E-state index contributed by atoms with van der Waals surface area (Å²) < 4.78 is 5.24. The van der Waals surface area contributed by atoms with Gasteiger partial charge in [-0.1, -0.05) is 24.4 Å². The number of methoxy groups -OCH3 is 1. The molecule has 1 fully saturated rings. The van der Waals surface area contributed by atoms with Crippen molar-refractivity contribution in [3.8, 4) is 5.75 Å². The van der Waals surface area contributed by atoms with Gasteiger partial charge in [0.15, 0.2) is 5.84 Å². The Kier molecular flexibility index (Phi) is 4.49. The molecule has 1 aromatic rings. The number of hydrogen-bond donors (Lipinski definition) is 1. The summed E-state index contributed by atoms with van der Waals surface area (Å²) in [5.41, 5.74) is 4.20. The van der Waals surface area contributed by atoms with Crippen molar-refractivity contribution in [2.75, 3.05) is 7.11 Å². The molecule has 0 unspecified atom stereocenters. The van der Waals surface area contributed by atoms with Crippen molar-refractivity contribution in [2.45, 2.75) is 31.7 Å². The molecule has 0 aromatic heterocycles. The average Bonchev–Trinajstić information content (AvgIpc) is 3.17. The van der Waals surface area contributed by atoms with E-state index in [1.807, 2.05) is 47.5 Å². The zero-order chi connectivity index (χ0) is 17.2. The molecule has 0 saturated heterocycles. The van der Waals surface area contributed by atoms with Gasteiger partial charge in [-0.2, -0.15) is 5.10 Å². The smallest absolute Gasteiger partial charge is 0.176 e. The normalized spacial score (nSPS) is 24.6. The van der Waals surface area contributed by atoms with Gasteiger partial charge >= 0.3 is 0 Å². The van der Waals surface area contributed by atoms with Crippen molar-refractivity contribution < 1.29 is 4.74 Å². The molecule has 1 saturated carbocycles. The van der Waals surface area contributed by atoms with Gasteiger partial charge in [0.1, 0.15) is 17.6 Å². The number of allylic oxidation sites excluding steroid dienone is 2. The van der Waals surface area contributed by atoms with Crippen LogP contribution in [0.2, 0.25) is 0 Å². The molecule has 1 aliphatic carbocycles. The van der Waals surface area contributed by atoms with E-state index in [1.54, 1.807) is 7.11 Å². The Morgan fingerprint density at radius 3 is 2.72 bits per heavy atom. The number of benzene rings is 1. The molecule has 5 nitrogen and oxygen atoms in total. The van der Waals surface area contributed by atoms with Crippen molar-refractivity contribution in [1.82, 2.24) is 10.3 Å². The highest BCUT2D eigenvalue weighted by Gasteiger charge is 2.37. The number of halogens is 1. The lowest BCUT2D eigenvalue weighted by Gasteiger charge is -2.37. The van der Waals surface area contributed by atoms with Gasteiger partial charge in [0.2, 0.25) is 0 Å². The summed E-state index contributed by atoms with van der Waals surface area (Å²) in [7, 11) is 1.66. The standard InChI is InChI=1S/C19H21ClN4O/c1-25-15-10-8-14(9-11-15)21-19-17(13-5-2-3-6-13)22-23-18-16(20)7-4-12-24(18)19/h4,7-13,17,22H,2-3,5-6H2,1H3/t17-/m0/s1. The van der Waals surface area contributed by atoms with Crippen LogP contribution in [0.1, 0.15) is 25.7 Å². The van der Waals surface area contributed by atoms with Gasteiger partial charge in [-0.15, -0.1) is 0 Å². The summed E-state index contributed by atoms with van der Waals surface area (Å²) in [6.07, 6.45) is 10.7. The van der Waals surface area contributed by atoms with Gasteiger partial charge in [0, 0.05) is 6.20 Å². The van der Waals surface area contributed by atoms with E-state index in [0.717, 1.165) is 17.3 Å². The van der Waals surface area contributed by atoms with Crippen molar-refractivity contribution in [3.63, 3.8) is 0 Å². The molecule has 1 aromatic carbocycles. The predicted octanol–water partition coefficient (Wildman–Crippen LogP) is 4.15. The second-order valence-electron chi connectivity index (χ2n) is 6.48. The van der Waals surface area contributed by atoms with Gasteiger partial charge in [-0.05, 0) is 55.2 Å². The summed E-state index contributed by atoms with van der Waals surface area (Å²) in [5, 5.41) is 5.13. The Bertz CT molecular complexity index is 760. The zero-order valence-electron chi connectivity index (χ0n) is 14.2. The summed E-state index contributed by atoms with van der Waals surface area (Å²) in [6.45, 7) is 0. The molecule has 2 heterocycles. The second kappa shape index (κ2) is 6.92. The lowest BCUT2D eigenvalue weighted by molar-refractivity contribution is 0.412. The van der Waals surface area contributed by atoms with Crippen LogP contribution < -0.4 is 10.2 Å². The Balaban J connectivity index is 1.72. The quantitative estimate of drug-likeness (QED) is 0.885. The lowest BCUT2D eigenvalue weighted by atomic mass is 9.96. The first kappa shape index (κ1) is 16.2. The fourth-order valence-electron chi connectivity index (χ4n) is 3.62. The predicted molar refractivity (Wildman–Crippen MR) is 101 cm³/mol. The monoisotopic (exact) mass is 356 g/mol. The van der Waals surface area contributed by atoms with E-state index in [1.165, 1.54) is 25.7 Å². The number of fused-ring (bicyclic) bond motifs is 1. The third kappa shape index (κ3) is 3.16. The molecule has 0 spiro atoms. The third-order valence-electron chi connectivity index (χ3n) is 4.94. The molecular weight excluding hydrogens is 336 g/mol. The maximum atomic E-state index is 6.33. The highest BCUT2D eigenvalue weighted by molar-refractivity contribution is 6.45. The maximum absolute atomic E-state index is 6.33. The number of hydrazone groups is 1. The first-order chi connectivity index (χ1) is 12.3. The lowest BCUT2D eigenvalue weighted by Crippen LogP contribution is -2.54. The molecule has 3 aliphatic rings. The molecule has 25 heavy (non-hydrogen) atoms. The Morgan fingerprint density at radius 1 is 1.24 bits per heavy atom. The van der Waals surface area contributed by atoms with Gasteiger partial charge in [0.05, 0.1) is 17.8 Å². The molecule has 0 radical (unpaired) electrons. The highest BCUT2D eigenvalue weighted by atomic mass is 35.5. The number of amidine groups is 2. The maximum Gasteiger partial charge on any atom is 0.176 e. The van der Waals surface area contributed by atoms with Crippen molar-refractivity contribution in [3.05, 3.63) is 47.6 Å². The number of nitrogens with one attached hydrogen (secondary N) is 1. The van der Waals surface area contributed by atoms with Gasteiger partial charge in [0.25, 0.3) is 0 Å². The molecule has 1 N–H and O–H groups in total. The molecular formula is C19H21ClN4O. The molecule has 2 aliphatic heterocycles. The Labute approximate surface area is 152 Å². The molecule has 0 bridgehead atoms. The molecule has 4 rings (SSSR count). The summed E-state index contributed by atoms with van der Waals surface area (Å²) in [4.78, 5) is 6.95. The van der Waals surface area contributed by atoms with Crippen LogP contribution in [0.3, 0.4) is 0 Å². The Morgan fingerprint density at radius 2 is 2.00 bits per heavy atom. The van der Waals surface area contributed by atoms with E-state index in [4.69, 9.17) is 21.3 Å². The molecule has 0 amide bonds. The number of ether oxygens (including phenoxy) is 1. The van der Waals surface area contributed by atoms with Gasteiger partial charge < -0.3 is 4.74 Å². The number of nitrogens with zero attached hydrogens (tertiary/aromatic N) is 3. The van der Waals surface area contributed by atoms with Crippen molar-refractivity contribution in [1.29, 1.82) is 0 Å². The minimum absolute atomic E-state index is 0.0977. The Hall–Kier alpha value is -2.27. The van der Waals surface area contributed by atoms with E-state index in [0.29, 0.717) is 16.8 Å². The largest absolute Gasteiger partial charge is 0.497 e. The average molecular weight is 357 g/mol. The van der Waals surface area contributed by atoms with E-state index < -0.39 is 0 Å². The van der Waals surface area contributed by atoms with E-state index >= 15 is 0 Å². The zero-order valence-corrected chi connectivity index (χ0v) is 14.9. The first-order valence-corrected chi connectivity index (χ1v) is 9.03. The fourth-order valence-corrected chi connectivity index (χ4v) is 3.83. The molecule has 6 heteroatoms. The van der Waals surface area contributed by atoms with Gasteiger partial charge in [-0.3, -0.25) is 10.3 Å². The van der Waals surface area contributed by atoms with Crippen LogP contribution in [0.5, 0.6) is 5.75 Å².